The Kier molecular flexibility index (Phi) is 4.88. The minimum atomic E-state index is -3.09. The number of furan rings is 1. The second kappa shape index (κ2) is 6.28. The average molecular weight is 300 g/mol. The first kappa shape index (κ1) is 15.5. The van der Waals surface area contributed by atoms with E-state index in [0.717, 1.165) is 30.8 Å². The highest BCUT2D eigenvalue weighted by molar-refractivity contribution is 7.88. The normalized spacial score (nSPS) is 22.2. The van der Waals surface area contributed by atoms with Gasteiger partial charge in [-0.15, -0.1) is 0 Å². The van der Waals surface area contributed by atoms with Gasteiger partial charge in [0.25, 0.3) is 0 Å². The van der Waals surface area contributed by atoms with Crippen LogP contribution in [0.5, 0.6) is 0 Å². The smallest absolute Gasteiger partial charge is 0.211 e. The number of aryl methyl sites for hydroxylation is 1. The van der Waals surface area contributed by atoms with Crippen LogP contribution in [-0.2, 0) is 16.4 Å². The molecule has 0 amide bonds. The zero-order valence-corrected chi connectivity index (χ0v) is 13.2. The van der Waals surface area contributed by atoms with Crippen molar-refractivity contribution >= 4 is 10.0 Å². The van der Waals surface area contributed by atoms with Gasteiger partial charge in [-0.25, -0.2) is 8.42 Å². The lowest BCUT2D eigenvalue weighted by molar-refractivity contribution is 0.345. The quantitative estimate of drug-likeness (QED) is 0.872. The maximum Gasteiger partial charge on any atom is 0.211 e. The number of sulfonamides is 1. The molecule has 0 saturated carbocycles. The fourth-order valence-electron chi connectivity index (χ4n) is 2.68. The molecule has 2 heterocycles. The molecule has 1 N–H and O–H groups in total. The van der Waals surface area contributed by atoms with E-state index < -0.39 is 10.0 Å². The van der Waals surface area contributed by atoms with Gasteiger partial charge in [-0.2, -0.15) is 4.31 Å². The number of hydrogen-bond donors (Lipinski definition) is 1. The minimum absolute atomic E-state index is 0.0630. The van der Waals surface area contributed by atoms with Crippen LogP contribution in [0.3, 0.4) is 0 Å². The van der Waals surface area contributed by atoms with Crippen molar-refractivity contribution in [2.24, 2.45) is 0 Å². The van der Waals surface area contributed by atoms with Gasteiger partial charge < -0.3 is 9.73 Å². The third kappa shape index (κ3) is 3.62. The molecule has 2 atom stereocenters. The number of nitrogens with zero attached hydrogens (tertiary/aromatic N) is 1. The summed E-state index contributed by atoms with van der Waals surface area (Å²) in [6, 6.07) is 4.14. The largest absolute Gasteiger partial charge is 0.464 e. The van der Waals surface area contributed by atoms with Crippen molar-refractivity contribution < 1.29 is 12.8 Å². The first-order chi connectivity index (χ1) is 9.41. The van der Waals surface area contributed by atoms with E-state index >= 15 is 0 Å². The molecule has 0 bridgehead atoms. The molecule has 2 rings (SSSR count). The van der Waals surface area contributed by atoms with Gasteiger partial charge >= 0.3 is 0 Å². The van der Waals surface area contributed by atoms with Crippen molar-refractivity contribution in [3.8, 4) is 0 Å². The standard InChI is InChI=1S/C14H24N2O3S/c1-4-13-7-8-14(19-13)11(2)15-10-12-6-5-9-16(12)20(3,17)18/h7-8,11-12,15H,4-6,9-10H2,1-3H3/t11?,12-/m1/s1. The summed E-state index contributed by atoms with van der Waals surface area (Å²) >= 11 is 0. The Hall–Kier alpha value is -0.850. The lowest BCUT2D eigenvalue weighted by atomic mass is 10.2. The molecule has 0 aromatic carbocycles. The van der Waals surface area contributed by atoms with Crippen LogP contribution < -0.4 is 5.32 Å². The third-order valence-electron chi connectivity index (χ3n) is 3.87. The summed E-state index contributed by atoms with van der Waals surface area (Å²) < 4.78 is 30.7. The zero-order valence-electron chi connectivity index (χ0n) is 12.4. The summed E-state index contributed by atoms with van der Waals surface area (Å²) in [5, 5.41) is 3.38. The Balaban J connectivity index is 1.91. The van der Waals surface area contributed by atoms with Gasteiger partial charge in [0.1, 0.15) is 11.5 Å². The van der Waals surface area contributed by atoms with Crippen molar-refractivity contribution in [3.05, 3.63) is 23.7 Å². The molecule has 1 fully saturated rings. The van der Waals surface area contributed by atoms with Crippen LogP contribution in [0.15, 0.2) is 16.5 Å². The molecule has 1 aliphatic rings. The van der Waals surface area contributed by atoms with Gasteiger partial charge in [0.15, 0.2) is 0 Å². The molecule has 0 radical (unpaired) electrons. The third-order valence-corrected chi connectivity index (χ3v) is 5.20. The second-order valence-electron chi connectivity index (χ2n) is 5.46. The molecule has 114 valence electrons. The molecular formula is C14H24N2O3S. The van der Waals surface area contributed by atoms with E-state index in [1.54, 1.807) is 4.31 Å². The number of nitrogens with one attached hydrogen (secondary N) is 1. The highest BCUT2D eigenvalue weighted by atomic mass is 32.2. The van der Waals surface area contributed by atoms with E-state index in [4.69, 9.17) is 4.42 Å². The van der Waals surface area contributed by atoms with Crippen LogP contribution in [0.1, 0.15) is 44.3 Å². The predicted molar refractivity (Wildman–Crippen MR) is 79.1 cm³/mol. The average Bonchev–Trinajstić information content (AvgIpc) is 3.03. The molecular weight excluding hydrogens is 276 g/mol. The molecule has 1 aromatic rings. The SMILES string of the molecule is CCc1ccc(C(C)NC[C@H]2CCCN2S(C)(=O)=O)o1. The first-order valence-electron chi connectivity index (χ1n) is 7.20. The molecule has 1 aliphatic heterocycles. The predicted octanol–water partition coefficient (Wildman–Crippen LogP) is 1.92. The molecule has 6 heteroatoms. The first-order valence-corrected chi connectivity index (χ1v) is 9.05. The lowest BCUT2D eigenvalue weighted by Gasteiger charge is -2.23. The monoisotopic (exact) mass is 300 g/mol. The van der Waals surface area contributed by atoms with Crippen LogP contribution in [0, 0.1) is 0 Å². The fraction of sp³-hybridized carbons (Fsp3) is 0.714. The van der Waals surface area contributed by atoms with E-state index in [1.807, 2.05) is 19.1 Å². The van der Waals surface area contributed by atoms with E-state index in [9.17, 15) is 8.42 Å². The highest BCUT2D eigenvalue weighted by Crippen LogP contribution is 2.21. The van der Waals surface area contributed by atoms with Gasteiger partial charge in [-0.05, 0) is 31.9 Å². The Morgan fingerprint density at radius 1 is 1.50 bits per heavy atom. The van der Waals surface area contributed by atoms with Gasteiger partial charge in [-0.1, -0.05) is 6.92 Å². The van der Waals surface area contributed by atoms with Crippen molar-refractivity contribution in [3.63, 3.8) is 0 Å². The topological polar surface area (TPSA) is 62.6 Å². The number of hydrogen-bond acceptors (Lipinski definition) is 4. The fourth-order valence-corrected chi connectivity index (χ4v) is 3.86. The Morgan fingerprint density at radius 2 is 2.25 bits per heavy atom. The van der Waals surface area contributed by atoms with E-state index in [2.05, 4.69) is 12.2 Å². The Labute approximate surface area is 121 Å². The van der Waals surface area contributed by atoms with E-state index in [1.165, 1.54) is 6.26 Å². The summed E-state index contributed by atoms with van der Waals surface area (Å²) in [4.78, 5) is 0. The van der Waals surface area contributed by atoms with Crippen LogP contribution in [0.4, 0.5) is 0 Å². The zero-order chi connectivity index (χ0) is 14.8. The van der Waals surface area contributed by atoms with Gasteiger partial charge in [-0.3, -0.25) is 0 Å². The molecule has 1 saturated heterocycles. The lowest BCUT2D eigenvalue weighted by Crippen LogP contribution is -2.41. The molecule has 1 unspecified atom stereocenters. The van der Waals surface area contributed by atoms with Crippen LogP contribution >= 0.6 is 0 Å². The molecule has 0 aliphatic carbocycles. The van der Waals surface area contributed by atoms with Crippen LogP contribution in [0.2, 0.25) is 0 Å². The highest BCUT2D eigenvalue weighted by Gasteiger charge is 2.31. The van der Waals surface area contributed by atoms with Gasteiger partial charge in [0, 0.05) is 25.6 Å². The minimum Gasteiger partial charge on any atom is -0.464 e. The Morgan fingerprint density at radius 3 is 2.85 bits per heavy atom. The summed E-state index contributed by atoms with van der Waals surface area (Å²) in [5.41, 5.74) is 0. The van der Waals surface area contributed by atoms with Crippen LogP contribution in [-0.4, -0.2) is 38.1 Å². The van der Waals surface area contributed by atoms with E-state index in [-0.39, 0.29) is 12.1 Å². The molecule has 20 heavy (non-hydrogen) atoms. The summed E-state index contributed by atoms with van der Waals surface area (Å²) in [5.74, 6) is 1.89. The van der Waals surface area contributed by atoms with Gasteiger partial charge in [0.05, 0.1) is 12.3 Å². The Bertz CT molecular complexity index is 538. The van der Waals surface area contributed by atoms with Crippen molar-refractivity contribution in [2.45, 2.75) is 45.2 Å². The molecule has 5 nitrogen and oxygen atoms in total. The summed E-state index contributed by atoms with van der Waals surface area (Å²) in [7, 11) is -3.09. The second-order valence-corrected chi connectivity index (χ2v) is 7.39. The van der Waals surface area contributed by atoms with Crippen LogP contribution in [0.25, 0.3) is 0 Å². The van der Waals surface area contributed by atoms with Gasteiger partial charge in [0.2, 0.25) is 10.0 Å². The number of rotatable bonds is 6. The molecule has 0 spiro atoms. The summed E-state index contributed by atoms with van der Waals surface area (Å²) in [6.45, 7) is 5.40. The van der Waals surface area contributed by atoms with Crippen molar-refractivity contribution in [1.29, 1.82) is 0 Å². The van der Waals surface area contributed by atoms with E-state index in [0.29, 0.717) is 13.1 Å². The van der Waals surface area contributed by atoms with Crippen molar-refractivity contribution in [2.75, 3.05) is 19.3 Å². The summed E-state index contributed by atoms with van der Waals surface area (Å²) in [6.07, 6.45) is 4.03. The maximum atomic E-state index is 11.7. The van der Waals surface area contributed by atoms with Crippen molar-refractivity contribution in [1.82, 2.24) is 9.62 Å². The maximum absolute atomic E-state index is 11.7. The molecule has 1 aromatic heterocycles.